The molecule has 0 amide bonds. The van der Waals surface area contributed by atoms with E-state index in [1.165, 1.54) is 0 Å². The highest BCUT2D eigenvalue weighted by atomic mass is 35.5. The Balaban J connectivity index is 2.29. The fourth-order valence-electron chi connectivity index (χ4n) is 1.37. The molecule has 0 saturated carbocycles. The molecule has 2 rings (SSSR count). The number of rotatable bonds is 3. The Hall–Kier alpha value is -1.26. The first-order chi connectivity index (χ1) is 8.29. The van der Waals surface area contributed by atoms with Crippen LogP contribution in [0.15, 0.2) is 48.0 Å². The summed E-state index contributed by atoms with van der Waals surface area (Å²) in [4.78, 5) is 8.62. The number of hydrogen-bond acceptors (Lipinski definition) is 3. The van der Waals surface area contributed by atoms with Gasteiger partial charge < -0.3 is 0 Å². The Morgan fingerprint density at radius 1 is 1.41 bits per heavy atom. The van der Waals surface area contributed by atoms with E-state index in [0.717, 1.165) is 22.3 Å². The number of benzene rings is 1. The van der Waals surface area contributed by atoms with Crippen molar-refractivity contribution in [1.82, 2.24) is 9.55 Å². The molecular weight excluding hydrogens is 254 g/mol. The van der Waals surface area contributed by atoms with E-state index >= 15 is 0 Å². The minimum atomic E-state index is 0.720. The molecule has 0 aliphatic carbocycles. The van der Waals surface area contributed by atoms with Crippen molar-refractivity contribution >= 4 is 34.9 Å². The molecule has 0 fully saturated rings. The smallest absolute Gasteiger partial charge is 0.124 e. The molecule has 3 nitrogen and oxygen atoms in total. The number of aromatic nitrogens is 2. The third kappa shape index (κ3) is 3.35. The molecule has 2 aromatic rings. The van der Waals surface area contributed by atoms with Gasteiger partial charge in [-0.25, -0.2) is 9.98 Å². The fraction of sp³-hybridized carbons (Fsp3) is 0.167. The summed E-state index contributed by atoms with van der Waals surface area (Å²) >= 11 is 7.57. The van der Waals surface area contributed by atoms with Crippen LogP contribution in [0.2, 0.25) is 5.02 Å². The van der Waals surface area contributed by atoms with E-state index < -0.39 is 0 Å². The van der Waals surface area contributed by atoms with Crippen molar-refractivity contribution in [2.75, 3.05) is 12.0 Å². The summed E-state index contributed by atoms with van der Waals surface area (Å²) in [5.74, 6) is 1.79. The van der Waals surface area contributed by atoms with Gasteiger partial charge in [0.2, 0.25) is 0 Å². The Bertz CT molecular complexity index is 491. The summed E-state index contributed by atoms with van der Waals surface area (Å²) in [6, 6.07) is 7.48. The summed E-state index contributed by atoms with van der Waals surface area (Å²) in [6.07, 6.45) is 7.45. The largest absolute Gasteiger partial charge is 0.293 e. The lowest BCUT2D eigenvalue weighted by molar-refractivity contribution is 1.11. The topological polar surface area (TPSA) is 30.2 Å². The van der Waals surface area contributed by atoms with Crippen LogP contribution in [0, 0.1) is 0 Å². The van der Waals surface area contributed by atoms with E-state index in [-0.39, 0.29) is 0 Å². The van der Waals surface area contributed by atoms with E-state index in [9.17, 15) is 0 Å². The van der Waals surface area contributed by atoms with Gasteiger partial charge in [-0.3, -0.25) is 4.57 Å². The number of nitrogens with zero attached hydrogens (tertiary/aromatic N) is 3. The van der Waals surface area contributed by atoms with E-state index in [4.69, 9.17) is 11.6 Å². The predicted molar refractivity (Wildman–Crippen MR) is 74.6 cm³/mol. The molecule has 0 N–H and O–H groups in total. The van der Waals surface area contributed by atoms with Gasteiger partial charge in [-0.15, -0.1) is 0 Å². The van der Waals surface area contributed by atoms with E-state index in [1.54, 1.807) is 24.3 Å². The van der Waals surface area contributed by atoms with Crippen LogP contribution in [0.25, 0.3) is 0 Å². The molecule has 0 unspecified atom stereocenters. The zero-order valence-corrected chi connectivity index (χ0v) is 10.9. The van der Waals surface area contributed by atoms with Crippen LogP contribution >= 0.6 is 23.4 Å². The van der Waals surface area contributed by atoms with Crippen molar-refractivity contribution in [3.05, 3.63) is 48.0 Å². The van der Waals surface area contributed by atoms with E-state index in [2.05, 4.69) is 9.98 Å². The van der Waals surface area contributed by atoms with Crippen molar-refractivity contribution < 1.29 is 0 Å². The van der Waals surface area contributed by atoms with Crippen LogP contribution in [-0.4, -0.2) is 27.4 Å². The molecule has 0 atom stereocenters. The molecule has 0 radical (unpaired) electrons. The van der Waals surface area contributed by atoms with Crippen LogP contribution in [0.1, 0.15) is 0 Å². The number of imidazole rings is 1. The van der Waals surface area contributed by atoms with Gasteiger partial charge in [0.15, 0.2) is 0 Å². The molecule has 1 heterocycles. The molecule has 0 saturated heterocycles. The average Bonchev–Trinajstić information content (AvgIpc) is 2.85. The van der Waals surface area contributed by atoms with Crippen LogP contribution in [0.3, 0.4) is 0 Å². The second-order valence-electron chi connectivity index (χ2n) is 3.41. The highest BCUT2D eigenvalue weighted by Gasteiger charge is 2.01. The van der Waals surface area contributed by atoms with E-state index in [0.29, 0.717) is 0 Å². The van der Waals surface area contributed by atoms with Crippen LogP contribution < -0.4 is 0 Å². The van der Waals surface area contributed by atoms with Gasteiger partial charge in [-0.1, -0.05) is 11.6 Å². The Labute approximate surface area is 110 Å². The monoisotopic (exact) mass is 265 g/mol. The lowest BCUT2D eigenvalue weighted by Crippen LogP contribution is -2.12. The van der Waals surface area contributed by atoms with Crippen LogP contribution in [0.5, 0.6) is 0 Å². The zero-order chi connectivity index (χ0) is 12.1. The highest BCUT2D eigenvalue weighted by Crippen LogP contribution is 2.17. The first-order valence-corrected chi connectivity index (χ1v) is 6.87. The number of aliphatic imine (C=N–C) groups is 1. The second-order valence-corrected chi connectivity index (χ2v) is 4.71. The Kier molecular flexibility index (Phi) is 4.23. The van der Waals surface area contributed by atoms with Crippen molar-refractivity contribution in [2.24, 2.45) is 4.99 Å². The maximum atomic E-state index is 5.84. The van der Waals surface area contributed by atoms with Gasteiger partial charge >= 0.3 is 0 Å². The number of hydrogen-bond donors (Lipinski definition) is 0. The quantitative estimate of drug-likeness (QED) is 0.628. The summed E-state index contributed by atoms with van der Waals surface area (Å²) in [5, 5.41) is 0.720. The zero-order valence-electron chi connectivity index (χ0n) is 9.38. The molecule has 1 aromatic carbocycles. The summed E-state index contributed by atoms with van der Waals surface area (Å²) in [6.45, 7) is 0. The lowest BCUT2D eigenvalue weighted by Gasteiger charge is -2.05. The van der Waals surface area contributed by atoms with Crippen molar-refractivity contribution in [3.8, 4) is 0 Å². The predicted octanol–water partition coefficient (Wildman–Crippen LogP) is 3.48. The molecular formula is C12H12ClN3S. The molecule has 0 bridgehead atoms. The highest BCUT2D eigenvalue weighted by molar-refractivity contribution is 7.99. The Morgan fingerprint density at radius 3 is 2.76 bits per heavy atom. The maximum absolute atomic E-state index is 5.84. The average molecular weight is 266 g/mol. The molecule has 0 aliphatic heterocycles. The van der Waals surface area contributed by atoms with Gasteiger partial charge in [0, 0.05) is 17.4 Å². The maximum Gasteiger partial charge on any atom is 0.124 e. The van der Waals surface area contributed by atoms with Gasteiger partial charge in [0.1, 0.15) is 12.2 Å². The Morgan fingerprint density at radius 2 is 2.18 bits per heavy atom. The van der Waals surface area contributed by atoms with Crippen molar-refractivity contribution in [2.45, 2.75) is 0 Å². The lowest BCUT2D eigenvalue weighted by atomic mass is 10.3. The molecule has 17 heavy (non-hydrogen) atoms. The number of thioether (sulfide) groups is 1. The van der Waals surface area contributed by atoms with Gasteiger partial charge in [0.05, 0.1) is 11.4 Å². The minimum absolute atomic E-state index is 0.720. The number of halogens is 1. The molecule has 0 spiro atoms. The van der Waals surface area contributed by atoms with Gasteiger partial charge in [-0.2, -0.15) is 11.8 Å². The van der Waals surface area contributed by atoms with Gasteiger partial charge in [-0.05, 0) is 30.5 Å². The first-order valence-electron chi connectivity index (χ1n) is 5.10. The standard InChI is InChI=1S/C12H12ClN3S/c1-17-8-12(16-7-6-14-9-16)15-11-4-2-10(13)3-5-11/h2-7,9H,8H2,1H3/b15-12+. The van der Waals surface area contributed by atoms with E-state index in [1.807, 2.05) is 41.3 Å². The molecule has 5 heteroatoms. The second kappa shape index (κ2) is 5.89. The molecule has 88 valence electrons. The normalized spacial score (nSPS) is 11.8. The summed E-state index contributed by atoms with van der Waals surface area (Å²) in [5.41, 5.74) is 0.896. The fourth-order valence-corrected chi connectivity index (χ4v) is 1.97. The summed E-state index contributed by atoms with van der Waals surface area (Å²) < 4.78 is 1.92. The minimum Gasteiger partial charge on any atom is -0.293 e. The van der Waals surface area contributed by atoms with Crippen molar-refractivity contribution in [3.63, 3.8) is 0 Å². The van der Waals surface area contributed by atoms with Crippen LogP contribution in [-0.2, 0) is 0 Å². The molecule has 0 aliphatic rings. The third-order valence-corrected chi connectivity index (χ3v) is 2.96. The third-order valence-electron chi connectivity index (χ3n) is 2.16. The van der Waals surface area contributed by atoms with Crippen molar-refractivity contribution in [1.29, 1.82) is 0 Å². The van der Waals surface area contributed by atoms with Gasteiger partial charge in [0.25, 0.3) is 0 Å². The molecule has 1 aromatic heterocycles. The van der Waals surface area contributed by atoms with Crippen LogP contribution in [0.4, 0.5) is 5.69 Å². The summed E-state index contributed by atoms with van der Waals surface area (Å²) in [7, 11) is 0. The first kappa shape index (κ1) is 12.2. The SMILES string of the molecule is CSC/C(=N\c1ccc(Cl)cc1)n1ccnc1.